The van der Waals surface area contributed by atoms with Crippen LogP contribution in [-0.4, -0.2) is 55.3 Å². The lowest BCUT2D eigenvalue weighted by atomic mass is 10.4. The largest absolute Gasteiger partial charge is 0.378 e. The van der Waals surface area contributed by atoms with E-state index in [9.17, 15) is 4.79 Å². The number of hydrogen-bond donors (Lipinski definition) is 2. The predicted octanol–water partition coefficient (Wildman–Crippen LogP) is 0.637. The molecule has 0 amide bonds. The van der Waals surface area contributed by atoms with Gasteiger partial charge in [0.25, 0.3) is 5.56 Å². The highest BCUT2D eigenvalue weighted by Crippen LogP contribution is 2.37. The van der Waals surface area contributed by atoms with Gasteiger partial charge < -0.3 is 19.9 Å². The van der Waals surface area contributed by atoms with Gasteiger partial charge in [0.2, 0.25) is 0 Å². The Morgan fingerprint density at radius 2 is 2.26 bits per heavy atom. The van der Waals surface area contributed by atoms with E-state index in [0.29, 0.717) is 31.5 Å². The molecular formula is C13H22N4O2. The Morgan fingerprint density at radius 3 is 2.95 bits per heavy atom. The van der Waals surface area contributed by atoms with E-state index >= 15 is 0 Å². The zero-order valence-electron chi connectivity index (χ0n) is 11.6. The lowest BCUT2D eigenvalue weighted by Crippen LogP contribution is -2.20. The summed E-state index contributed by atoms with van der Waals surface area (Å²) in [4.78, 5) is 20.8. The van der Waals surface area contributed by atoms with Gasteiger partial charge in [-0.15, -0.1) is 0 Å². The number of H-pyrrole nitrogens is 1. The minimum absolute atomic E-state index is 0.0899. The molecule has 6 heteroatoms. The zero-order valence-corrected chi connectivity index (χ0v) is 11.6. The summed E-state index contributed by atoms with van der Waals surface area (Å²) in [6.45, 7) is 2.90. The molecule has 19 heavy (non-hydrogen) atoms. The number of rotatable bonds is 8. The van der Waals surface area contributed by atoms with Crippen LogP contribution in [0.3, 0.4) is 0 Å². The Hall–Kier alpha value is -1.40. The average molecular weight is 266 g/mol. The number of nitrogens with one attached hydrogen (secondary N) is 2. The van der Waals surface area contributed by atoms with Crippen LogP contribution in [0.4, 0.5) is 5.82 Å². The standard InChI is InChI=1S/C13H22N4O2/c1-17(2)6-8-19-7-5-14-11-9-12(18)16-13(15-11)10-3-4-10/h9-10H,3-8H2,1-2H3,(H2,14,15,16,18). The molecule has 2 N–H and O–H groups in total. The molecule has 0 saturated heterocycles. The molecule has 0 radical (unpaired) electrons. The van der Waals surface area contributed by atoms with Gasteiger partial charge >= 0.3 is 0 Å². The fourth-order valence-electron chi connectivity index (χ4n) is 1.72. The van der Waals surface area contributed by atoms with Crippen molar-refractivity contribution in [2.75, 3.05) is 45.7 Å². The third kappa shape index (κ3) is 5.00. The van der Waals surface area contributed by atoms with Crippen LogP contribution in [0.15, 0.2) is 10.9 Å². The van der Waals surface area contributed by atoms with E-state index in [4.69, 9.17) is 4.74 Å². The van der Waals surface area contributed by atoms with Crippen LogP contribution in [-0.2, 0) is 4.74 Å². The van der Waals surface area contributed by atoms with Gasteiger partial charge in [0.05, 0.1) is 13.2 Å². The summed E-state index contributed by atoms with van der Waals surface area (Å²) in [7, 11) is 4.03. The van der Waals surface area contributed by atoms with Crippen molar-refractivity contribution in [2.24, 2.45) is 0 Å². The SMILES string of the molecule is CN(C)CCOCCNc1cc(=O)[nH]c(C2CC2)n1. The van der Waals surface area contributed by atoms with E-state index in [-0.39, 0.29) is 5.56 Å². The summed E-state index contributed by atoms with van der Waals surface area (Å²) in [5.41, 5.74) is -0.0899. The molecule has 2 rings (SSSR count). The molecule has 0 atom stereocenters. The van der Waals surface area contributed by atoms with E-state index in [0.717, 1.165) is 25.2 Å². The fraction of sp³-hybridized carbons (Fsp3) is 0.692. The molecule has 0 unspecified atom stereocenters. The number of aromatic amines is 1. The molecule has 1 fully saturated rings. The summed E-state index contributed by atoms with van der Waals surface area (Å²) in [5, 5.41) is 3.13. The molecule has 0 spiro atoms. The summed E-state index contributed by atoms with van der Waals surface area (Å²) in [5.74, 6) is 1.90. The molecule has 106 valence electrons. The minimum Gasteiger partial charge on any atom is -0.378 e. The number of likely N-dealkylation sites (N-methyl/N-ethyl adjacent to an activating group) is 1. The van der Waals surface area contributed by atoms with E-state index in [1.165, 1.54) is 6.07 Å². The summed E-state index contributed by atoms with van der Waals surface area (Å²) in [6, 6.07) is 1.49. The van der Waals surface area contributed by atoms with Gasteiger partial charge in [0.1, 0.15) is 11.6 Å². The van der Waals surface area contributed by atoms with Crippen LogP contribution >= 0.6 is 0 Å². The first-order chi connectivity index (χ1) is 9.15. The number of ether oxygens (including phenoxy) is 1. The maximum Gasteiger partial charge on any atom is 0.252 e. The van der Waals surface area contributed by atoms with Crippen molar-refractivity contribution in [3.05, 3.63) is 22.2 Å². The molecule has 6 nitrogen and oxygen atoms in total. The van der Waals surface area contributed by atoms with Gasteiger partial charge in [-0.1, -0.05) is 0 Å². The van der Waals surface area contributed by atoms with Gasteiger partial charge in [-0.05, 0) is 26.9 Å². The van der Waals surface area contributed by atoms with Gasteiger partial charge in [-0.2, -0.15) is 0 Å². The lowest BCUT2D eigenvalue weighted by Gasteiger charge is -2.10. The smallest absolute Gasteiger partial charge is 0.252 e. The maximum atomic E-state index is 11.5. The van der Waals surface area contributed by atoms with Gasteiger partial charge in [-0.3, -0.25) is 4.79 Å². The van der Waals surface area contributed by atoms with Gasteiger partial charge in [0.15, 0.2) is 0 Å². The van der Waals surface area contributed by atoms with Crippen molar-refractivity contribution < 1.29 is 4.74 Å². The Bertz CT molecular complexity index is 454. The second-order valence-electron chi connectivity index (χ2n) is 5.13. The molecule has 1 heterocycles. The van der Waals surface area contributed by atoms with E-state index in [1.54, 1.807) is 0 Å². The minimum atomic E-state index is -0.0899. The zero-order chi connectivity index (χ0) is 13.7. The van der Waals surface area contributed by atoms with Crippen molar-refractivity contribution in [1.82, 2.24) is 14.9 Å². The first kappa shape index (κ1) is 14.0. The second-order valence-corrected chi connectivity index (χ2v) is 5.13. The Balaban J connectivity index is 1.72. The Kier molecular flexibility index (Phi) is 4.93. The van der Waals surface area contributed by atoms with Crippen LogP contribution in [0, 0.1) is 0 Å². The van der Waals surface area contributed by atoms with Crippen LogP contribution in [0.25, 0.3) is 0 Å². The third-order valence-corrected chi connectivity index (χ3v) is 2.96. The normalized spacial score (nSPS) is 14.9. The molecule has 1 aliphatic rings. The Labute approximate surface area is 113 Å². The number of nitrogens with zero attached hydrogens (tertiary/aromatic N) is 2. The molecule has 1 aromatic rings. The molecule has 0 aromatic carbocycles. The Morgan fingerprint density at radius 1 is 1.47 bits per heavy atom. The molecule has 0 aliphatic heterocycles. The molecular weight excluding hydrogens is 244 g/mol. The number of hydrogen-bond acceptors (Lipinski definition) is 5. The summed E-state index contributed by atoms with van der Waals surface area (Å²) >= 11 is 0. The number of aromatic nitrogens is 2. The monoisotopic (exact) mass is 266 g/mol. The first-order valence-corrected chi connectivity index (χ1v) is 6.73. The summed E-state index contributed by atoms with van der Waals surface area (Å²) in [6.07, 6.45) is 2.25. The third-order valence-electron chi connectivity index (χ3n) is 2.96. The van der Waals surface area contributed by atoms with Gasteiger partial charge in [0, 0.05) is 25.1 Å². The van der Waals surface area contributed by atoms with Crippen LogP contribution in [0.2, 0.25) is 0 Å². The van der Waals surface area contributed by atoms with Crippen molar-refractivity contribution in [1.29, 1.82) is 0 Å². The van der Waals surface area contributed by atoms with E-state index in [2.05, 4.69) is 20.2 Å². The van der Waals surface area contributed by atoms with Crippen molar-refractivity contribution in [2.45, 2.75) is 18.8 Å². The molecule has 1 saturated carbocycles. The number of anilines is 1. The highest BCUT2D eigenvalue weighted by atomic mass is 16.5. The van der Waals surface area contributed by atoms with E-state index < -0.39 is 0 Å². The van der Waals surface area contributed by atoms with Crippen molar-refractivity contribution in [3.8, 4) is 0 Å². The molecule has 1 aliphatic carbocycles. The van der Waals surface area contributed by atoms with Crippen molar-refractivity contribution >= 4 is 5.82 Å². The first-order valence-electron chi connectivity index (χ1n) is 6.73. The van der Waals surface area contributed by atoms with Crippen LogP contribution in [0.1, 0.15) is 24.6 Å². The second kappa shape index (κ2) is 6.68. The van der Waals surface area contributed by atoms with Crippen LogP contribution < -0.4 is 10.9 Å². The predicted molar refractivity (Wildman–Crippen MR) is 74.7 cm³/mol. The van der Waals surface area contributed by atoms with Gasteiger partial charge in [-0.25, -0.2) is 4.98 Å². The molecule has 0 bridgehead atoms. The quantitative estimate of drug-likeness (QED) is 0.676. The highest BCUT2D eigenvalue weighted by molar-refractivity contribution is 5.33. The topological polar surface area (TPSA) is 70.2 Å². The average Bonchev–Trinajstić information content (AvgIpc) is 3.16. The van der Waals surface area contributed by atoms with E-state index in [1.807, 2.05) is 14.1 Å². The molecule has 1 aromatic heterocycles. The maximum absolute atomic E-state index is 11.5. The van der Waals surface area contributed by atoms with Crippen molar-refractivity contribution in [3.63, 3.8) is 0 Å². The lowest BCUT2D eigenvalue weighted by molar-refractivity contribution is 0.126. The van der Waals surface area contributed by atoms with Crippen LogP contribution in [0.5, 0.6) is 0 Å². The fourth-order valence-corrected chi connectivity index (χ4v) is 1.72. The highest BCUT2D eigenvalue weighted by Gasteiger charge is 2.26. The summed E-state index contributed by atoms with van der Waals surface area (Å²) < 4.78 is 5.47.